The topological polar surface area (TPSA) is 71.4 Å². The molecule has 0 amide bonds. The van der Waals surface area contributed by atoms with Crippen molar-refractivity contribution in [3.05, 3.63) is 0 Å². The molecule has 0 saturated heterocycles. The van der Waals surface area contributed by atoms with Crippen molar-refractivity contribution in [3.63, 3.8) is 0 Å². The Morgan fingerprint density at radius 1 is 1.08 bits per heavy atom. The van der Waals surface area contributed by atoms with Gasteiger partial charge < -0.3 is 5.11 Å². The Balaban J connectivity index is 2.64. The molecule has 13 heavy (non-hydrogen) atoms. The Morgan fingerprint density at radius 2 is 1.77 bits per heavy atom. The molecule has 0 radical (unpaired) electrons. The molecule has 1 atom stereocenters. The third-order valence-electron chi connectivity index (χ3n) is 2.07. The number of carbonyl (C=O) groups is 3. The monoisotopic (exact) mass is 184 g/mol. The van der Waals surface area contributed by atoms with Crippen LogP contribution >= 0.6 is 0 Å². The predicted molar refractivity (Wildman–Crippen MR) is 44.1 cm³/mol. The molecule has 72 valence electrons. The van der Waals surface area contributed by atoms with Gasteiger partial charge in [0.2, 0.25) is 0 Å². The van der Waals surface area contributed by atoms with Gasteiger partial charge in [0, 0.05) is 6.42 Å². The quantitative estimate of drug-likeness (QED) is 0.539. The summed E-state index contributed by atoms with van der Waals surface area (Å²) in [5, 5.41) is 9.20. The summed E-state index contributed by atoms with van der Waals surface area (Å²) in [7, 11) is 0. The van der Waals surface area contributed by atoms with Gasteiger partial charge in [0.1, 0.15) is 17.7 Å². The lowest BCUT2D eigenvalue weighted by Crippen LogP contribution is -2.22. The van der Waals surface area contributed by atoms with Crippen LogP contribution in [0.3, 0.4) is 0 Å². The summed E-state index contributed by atoms with van der Waals surface area (Å²) in [5.74, 6) is -0.970. The summed E-state index contributed by atoms with van der Waals surface area (Å²) in [4.78, 5) is 33.1. The summed E-state index contributed by atoms with van der Waals surface area (Å²) in [6.07, 6.45) is -0.451. The molecular formula is C9H12O4. The van der Waals surface area contributed by atoms with Crippen molar-refractivity contribution in [2.75, 3.05) is 0 Å². The Labute approximate surface area is 75.9 Å². The van der Waals surface area contributed by atoms with Crippen molar-refractivity contribution < 1.29 is 19.5 Å². The van der Waals surface area contributed by atoms with Crippen LogP contribution < -0.4 is 0 Å². The van der Waals surface area contributed by atoms with E-state index in [4.69, 9.17) is 0 Å². The van der Waals surface area contributed by atoms with E-state index in [0.29, 0.717) is 6.42 Å². The lowest BCUT2D eigenvalue weighted by atomic mass is 10.1. The molecule has 1 aliphatic rings. The zero-order valence-corrected chi connectivity index (χ0v) is 7.28. The number of ketones is 3. The summed E-state index contributed by atoms with van der Waals surface area (Å²) < 4.78 is 0. The highest BCUT2D eigenvalue weighted by molar-refractivity contribution is 6.08. The molecule has 0 bridgehead atoms. The highest BCUT2D eigenvalue weighted by Gasteiger charge is 2.22. The van der Waals surface area contributed by atoms with Crippen molar-refractivity contribution in [2.24, 2.45) is 0 Å². The first-order chi connectivity index (χ1) is 6.09. The van der Waals surface area contributed by atoms with Gasteiger partial charge in [0.25, 0.3) is 0 Å². The average molecular weight is 184 g/mol. The first kappa shape index (κ1) is 10.1. The molecule has 0 aromatic rings. The van der Waals surface area contributed by atoms with Crippen LogP contribution in [0.1, 0.15) is 32.1 Å². The predicted octanol–water partition coefficient (Wildman–Crippen LogP) is 0.0187. The minimum atomic E-state index is -1.06. The molecule has 0 aliphatic heterocycles. The van der Waals surface area contributed by atoms with E-state index < -0.39 is 11.9 Å². The zero-order valence-electron chi connectivity index (χ0n) is 7.28. The number of aliphatic hydroxyl groups is 1. The smallest absolute Gasteiger partial charge is 0.168 e. The Morgan fingerprint density at radius 3 is 2.46 bits per heavy atom. The fourth-order valence-electron chi connectivity index (χ4n) is 1.34. The van der Waals surface area contributed by atoms with Crippen molar-refractivity contribution >= 4 is 17.3 Å². The Bertz CT molecular complexity index is 244. The number of hydrogen-bond acceptors (Lipinski definition) is 4. The van der Waals surface area contributed by atoms with Gasteiger partial charge in [-0.3, -0.25) is 14.4 Å². The molecule has 1 unspecified atom stereocenters. The van der Waals surface area contributed by atoms with E-state index in [1.807, 2.05) is 0 Å². The van der Waals surface area contributed by atoms with Crippen LogP contribution in [0.2, 0.25) is 0 Å². The van der Waals surface area contributed by atoms with Gasteiger partial charge in [-0.05, 0) is 12.8 Å². The third-order valence-corrected chi connectivity index (χ3v) is 2.07. The molecule has 1 N–H and O–H groups in total. The van der Waals surface area contributed by atoms with Gasteiger partial charge in [-0.1, -0.05) is 0 Å². The number of hydrogen-bond donors (Lipinski definition) is 1. The summed E-state index contributed by atoms with van der Waals surface area (Å²) in [6, 6.07) is 0. The van der Waals surface area contributed by atoms with E-state index in [1.165, 1.54) is 0 Å². The fourth-order valence-corrected chi connectivity index (χ4v) is 1.34. The summed E-state index contributed by atoms with van der Waals surface area (Å²) in [5.41, 5.74) is 0. The Kier molecular flexibility index (Phi) is 3.31. The van der Waals surface area contributed by atoms with E-state index in [1.54, 1.807) is 0 Å². The molecule has 1 aliphatic carbocycles. The second-order valence-corrected chi connectivity index (χ2v) is 3.31. The second kappa shape index (κ2) is 4.28. The van der Waals surface area contributed by atoms with Crippen LogP contribution in [0, 0.1) is 0 Å². The van der Waals surface area contributed by atoms with Gasteiger partial charge in [0.05, 0.1) is 12.8 Å². The highest BCUT2D eigenvalue weighted by atomic mass is 16.3. The van der Waals surface area contributed by atoms with Crippen LogP contribution in [0.5, 0.6) is 0 Å². The number of Topliss-reactive ketones (excluding diaryl/α,β-unsaturated/α-hetero) is 3. The molecule has 4 heteroatoms. The largest absolute Gasteiger partial charge is 0.385 e. The Hall–Kier alpha value is -1.03. The second-order valence-electron chi connectivity index (χ2n) is 3.31. The van der Waals surface area contributed by atoms with E-state index in [0.717, 1.165) is 0 Å². The van der Waals surface area contributed by atoms with Gasteiger partial charge in [-0.25, -0.2) is 0 Å². The molecule has 0 aromatic carbocycles. The molecule has 1 rings (SSSR count). The van der Waals surface area contributed by atoms with Crippen LogP contribution in [-0.2, 0) is 14.4 Å². The van der Waals surface area contributed by atoms with Gasteiger partial charge in [-0.2, -0.15) is 0 Å². The highest BCUT2D eigenvalue weighted by Crippen LogP contribution is 2.10. The van der Waals surface area contributed by atoms with Gasteiger partial charge >= 0.3 is 0 Å². The van der Waals surface area contributed by atoms with Crippen molar-refractivity contribution in [2.45, 2.75) is 38.2 Å². The SMILES string of the molecule is O=C1CCCC(O)C(=O)CC(=O)C1. The summed E-state index contributed by atoms with van der Waals surface area (Å²) in [6.45, 7) is 0. The lowest BCUT2D eigenvalue weighted by Gasteiger charge is -2.04. The number of rotatable bonds is 0. The van der Waals surface area contributed by atoms with E-state index in [-0.39, 0.29) is 37.2 Å². The minimum Gasteiger partial charge on any atom is -0.385 e. The molecule has 4 nitrogen and oxygen atoms in total. The standard InChI is InChI=1S/C9H12O4/c10-6-2-1-3-8(12)9(13)5-7(11)4-6/h8,12H,1-5H2. The maximum Gasteiger partial charge on any atom is 0.168 e. The number of carbonyl (C=O) groups excluding carboxylic acids is 3. The molecule has 0 aromatic heterocycles. The molecule has 0 heterocycles. The fraction of sp³-hybridized carbons (Fsp3) is 0.667. The number of aliphatic hydroxyl groups excluding tert-OH is 1. The van der Waals surface area contributed by atoms with Crippen LogP contribution in [-0.4, -0.2) is 28.6 Å². The first-order valence-electron chi connectivity index (χ1n) is 4.34. The van der Waals surface area contributed by atoms with E-state index >= 15 is 0 Å². The van der Waals surface area contributed by atoms with Crippen molar-refractivity contribution in [1.29, 1.82) is 0 Å². The van der Waals surface area contributed by atoms with Gasteiger partial charge in [-0.15, -0.1) is 0 Å². The van der Waals surface area contributed by atoms with E-state index in [2.05, 4.69) is 0 Å². The van der Waals surface area contributed by atoms with Crippen LogP contribution in [0.4, 0.5) is 0 Å². The average Bonchev–Trinajstić information content (AvgIpc) is 2.06. The van der Waals surface area contributed by atoms with Crippen molar-refractivity contribution in [1.82, 2.24) is 0 Å². The minimum absolute atomic E-state index is 0.132. The lowest BCUT2D eigenvalue weighted by molar-refractivity contribution is -0.132. The molecule has 1 saturated carbocycles. The first-order valence-corrected chi connectivity index (χ1v) is 4.34. The van der Waals surface area contributed by atoms with Gasteiger partial charge in [0.15, 0.2) is 5.78 Å². The molecule has 0 spiro atoms. The summed E-state index contributed by atoms with van der Waals surface area (Å²) >= 11 is 0. The van der Waals surface area contributed by atoms with E-state index in [9.17, 15) is 19.5 Å². The van der Waals surface area contributed by atoms with Crippen LogP contribution in [0.15, 0.2) is 0 Å². The third kappa shape index (κ3) is 3.06. The maximum atomic E-state index is 11.1. The zero-order chi connectivity index (χ0) is 9.84. The molecular weight excluding hydrogens is 172 g/mol. The van der Waals surface area contributed by atoms with Crippen LogP contribution in [0.25, 0.3) is 0 Å². The molecule has 1 fully saturated rings. The van der Waals surface area contributed by atoms with Crippen molar-refractivity contribution in [3.8, 4) is 0 Å². The normalized spacial score (nSPS) is 26.5. The maximum absolute atomic E-state index is 11.1.